The molecule has 0 aliphatic carbocycles. The van der Waals surface area contributed by atoms with Gasteiger partial charge in [0, 0.05) is 49.5 Å². The normalized spacial score (nSPS) is 14.5. The van der Waals surface area contributed by atoms with Gasteiger partial charge in [-0.2, -0.15) is 0 Å². The van der Waals surface area contributed by atoms with Crippen LogP contribution in [0, 0.1) is 13.8 Å². The summed E-state index contributed by atoms with van der Waals surface area (Å²) >= 11 is 0. The van der Waals surface area contributed by atoms with E-state index in [1.807, 2.05) is 55.3 Å². The minimum Gasteiger partial charge on any atom is -0.497 e. The molecule has 1 aromatic carbocycles. The first-order valence-corrected chi connectivity index (χ1v) is 10.4. The smallest absolute Gasteiger partial charge is 0.255 e. The van der Waals surface area contributed by atoms with Gasteiger partial charge >= 0.3 is 0 Å². The number of anilines is 1. The number of methoxy groups -OCH3 is 1. The van der Waals surface area contributed by atoms with E-state index in [-0.39, 0.29) is 5.91 Å². The zero-order chi connectivity index (χ0) is 21.1. The average molecular weight is 405 g/mol. The summed E-state index contributed by atoms with van der Waals surface area (Å²) in [5.74, 6) is 0.962. The van der Waals surface area contributed by atoms with Crippen LogP contribution in [0.15, 0.2) is 54.9 Å². The summed E-state index contributed by atoms with van der Waals surface area (Å²) in [6.07, 6.45) is 4.53. The molecule has 0 bridgehead atoms. The van der Waals surface area contributed by atoms with Crippen LogP contribution >= 0.6 is 0 Å². The Kier molecular flexibility index (Phi) is 5.74. The molecule has 1 amide bonds. The Balaban J connectivity index is 1.50. The van der Waals surface area contributed by atoms with Gasteiger partial charge in [0.1, 0.15) is 5.75 Å². The highest BCUT2D eigenvalue weighted by Gasteiger charge is 2.24. The quantitative estimate of drug-likeness (QED) is 0.663. The largest absolute Gasteiger partial charge is 0.497 e. The van der Waals surface area contributed by atoms with Crippen LogP contribution < -0.4 is 9.64 Å². The van der Waals surface area contributed by atoms with Gasteiger partial charge in [-0.15, -0.1) is 0 Å². The van der Waals surface area contributed by atoms with Crippen molar-refractivity contribution < 1.29 is 9.53 Å². The van der Waals surface area contributed by atoms with Crippen molar-refractivity contribution in [3.63, 3.8) is 0 Å². The minimum absolute atomic E-state index is 0.106. The molecule has 1 aliphatic heterocycles. The molecule has 0 atom stereocenters. The molecule has 0 saturated carbocycles. The van der Waals surface area contributed by atoms with Crippen LogP contribution in [0.25, 0.3) is 5.69 Å². The summed E-state index contributed by atoms with van der Waals surface area (Å²) in [7, 11) is 1.68. The topological polar surface area (TPSA) is 50.6 Å². The van der Waals surface area contributed by atoms with Gasteiger partial charge in [-0.05, 0) is 62.7 Å². The van der Waals surface area contributed by atoms with Crippen molar-refractivity contribution in [2.75, 3.05) is 38.2 Å². The molecule has 4 rings (SSSR count). The van der Waals surface area contributed by atoms with Crippen molar-refractivity contribution in [2.24, 2.45) is 0 Å². The average Bonchev–Trinajstić information content (AvgIpc) is 2.94. The maximum Gasteiger partial charge on any atom is 0.255 e. The molecule has 1 aliphatic rings. The first-order valence-electron chi connectivity index (χ1n) is 10.4. The fourth-order valence-corrected chi connectivity index (χ4v) is 4.20. The first kappa shape index (κ1) is 20.0. The molecule has 1 fully saturated rings. The molecular formula is C24H28N4O2. The van der Waals surface area contributed by atoms with Crippen LogP contribution in [0.2, 0.25) is 0 Å². The summed E-state index contributed by atoms with van der Waals surface area (Å²) < 4.78 is 7.36. The summed E-state index contributed by atoms with van der Waals surface area (Å²) in [4.78, 5) is 21.9. The molecule has 156 valence electrons. The second kappa shape index (κ2) is 8.61. The standard InChI is InChI=1S/C24H28N4O2/c1-18-16-23(19(2)28(18)21-6-4-11-25-17-21)24(29)27-13-5-12-26(14-15-27)20-7-9-22(30-3)10-8-20/h4,6-11,16-17H,5,12-15H2,1-3H3. The Morgan fingerprint density at radius 1 is 1.00 bits per heavy atom. The Morgan fingerprint density at radius 2 is 1.80 bits per heavy atom. The van der Waals surface area contributed by atoms with E-state index < -0.39 is 0 Å². The number of nitrogens with zero attached hydrogens (tertiary/aromatic N) is 4. The van der Waals surface area contributed by atoms with E-state index in [1.165, 1.54) is 5.69 Å². The number of amides is 1. The Bertz CT molecular complexity index is 1010. The number of hydrogen-bond acceptors (Lipinski definition) is 4. The highest BCUT2D eigenvalue weighted by atomic mass is 16.5. The van der Waals surface area contributed by atoms with Gasteiger partial charge < -0.3 is 19.1 Å². The number of carbonyl (C=O) groups excluding carboxylic acids is 1. The van der Waals surface area contributed by atoms with E-state index >= 15 is 0 Å². The number of ether oxygens (including phenoxy) is 1. The SMILES string of the molecule is COc1ccc(N2CCCN(C(=O)c3cc(C)n(-c4cccnc4)c3C)CC2)cc1. The van der Waals surface area contributed by atoms with Crippen LogP contribution in [-0.2, 0) is 0 Å². The zero-order valence-corrected chi connectivity index (χ0v) is 17.8. The summed E-state index contributed by atoms with van der Waals surface area (Å²) in [6, 6.07) is 14.1. The zero-order valence-electron chi connectivity index (χ0n) is 17.8. The lowest BCUT2D eigenvalue weighted by molar-refractivity contribution is 0.0766. The van der Waals surface area contributed by atoms with E-state index in [1.54, 1.807) is 13.3 Å². The first-order chi connectivity index (χ1) is 14.6. The maximum atomic E-state index is 13.4. The molecular weight excluding hydrogens is 376 g/mol. The van der Waals surface area contributed by atoms with E-state index in [9.17, 15) is 4.79 Å². The molecule has 3 heterocycles. The van der Waals surface area contributed by atoms with Crippen LogP contribution in [0.3, 0.4) is 0 Å². The molecule has 3 aromatic rings. The highest BCUT2D eigenvalue weighted by Crippen LogP contribution is 2.24. The van der Waals surface area contributed by atoms with Crippen molar-refractivity contribution in [3.8, 4) is 11.4 Å². The third kappa shape index (κ3) is 3.90. The fraction of sp³-hybridized carbons (Fsp3) is 0.333. The van der Waals surface area contributed by atoms with E-state index in [0.29, 0.717) is 6.54 Å². The number of pyridine rings is 1. The lowest BCUT2D eigenvalue weighted by Gasteiger charge is -2.24. The summed E-state index contributed by atoms with van der Waals surface area (Å²) in [5, 5.41) is 0. The molecule has 2 aromatic heterocycles. The van der Waals surface area contributed by atoms with Crippen LogP contribution in [-0.4, -0.2) is 53.6 Å². The van der Waals surface area contributed by atoms with Crippen LogP contribution in [0.1, 0.15) is 28.2 Å². The monoisotopic (exact) mass is 404 g/mol. The molecule has 0 spiro atoms. The molecule has 0 radical (unpaired) electrons. The number of aryl methyl sites for hydroxylation is 1. The Labute approximate surface area is 177 Å². The Hall–Kier alpha value is -3.28. The molecule has 1 saturated heterocycles. The number of benzene rings is 1. The van der Waals surface area contributed by atoms with Gasteiger partial charge in [0.05, 0.1) is 24.6 Å². The van der Waals surface area contributed by atoms with Crippen molar-refractivity contribution in [1.82, 2.24) is 14.5 Å². The predicted molar refractivity (Wildman–Crippen MR) is 119 cm³/mol. The van der Waals surface area contributed by atoms with Gasteiger partial charge in [-0.25, -0.2) is 0 Å². The lowest BCUT2D eigenvalue weighted by Crippen LogP contribution is -2.35. The van der Waals surface area contributed by atoms with E-state index in [4.69, 9.17) is 4.74 Å². The van der Waals surface area contributed by atoms with Crippen LogP contribution in [0.5, 0.6) is 5.75 Å². The number of aromatic nitrogens is 2. The van der Waals surface area contributed by atoms with Gasteiger partial charge in [0.15, 0.2) is 0 Å². The Morgan fingerprint density at radius 3 is 2.50 bits per heavy atom. The van der Waals surface area contributed by atoms with Gasteiger partial charge in [-0.1, -0.05) is 0 Å². The maximum absolute atomic E-state index is 13.4. The second-order valence-corrected chi connectivity index (χ2v) is 7.66. The molecule has 30 heavy (non-hydrogen) atoms. The molecule has 0 N–H and O–H groups in total. The van der Waals surface area contributed by atoms with E-state index in [2.05, 4.69) is 26.6 Å². The van der Waals surface area contributed by atoms with Gasteiger partial charge in [0.2, 0.25) is 0 Å². The number of carbonyl (C=O) groups is 1. The van der Waals surface area contributed by atoms with Crippen molar-refractivity contribution in [3.05, 3.63) is 71.8 Å². The van der Waals surface area contributed by atoms with Crippen molar-refractivity contribution in [1.29, 1.82) is 0 Å². The predicted octanol–water partition coefficient (Wildman–Crippen LogP) is 3.85. The number of rotatable bonds is 4. The minimum atomic E-state index is 0.106. The summed E-state index contributed by atoms with van der Waals surface area (Å²) in [5.41, 5.74) is 4.92. The molecule has 6 heteroatoms. The van der Waals surface area contributed by atoms with Crippen molar-refractivity contribution in [2.45, 2.75) is 20.3 Å². The van der Waals surface area contributed by atoms with Crippen molar-refractivity contribution >= 4 is 11.6 Å². The third-order valence-electron chi connectivity index (χ3n) is 5.79. The highest BCUT2D eigenvalue weighted by molar-refractivity contribution is 5.96. The molecule has 6 nitrogen and oxygen atoms in total. The van der Waals surface area contributed by atoms with Crippen LogP contribution in [0.4, 0.5) is 5.69 Å². The number of hydrogen-bond donors (Lipinski definition) is 0. The van der Waals surface area contributed by atoms with E-state index in [0.717, 1.165) is 54.4 Å². The molecule has 0 unspecified atom stereocenters. The summed E-state index contributed by atoms with van der Waals surface area (Å²) in [6.45, 7) is 7.27. The van der Waals surface area contributed by atoms with Gasteiger partial charge in [-0.3, -0.25) is 9.78 Å². The second-order valence-electron chi connectivity index (χ2n) is 7.66. The third-order valence-corrected chi connectivity index (χ3v) is 5.79. The lowest BCUT2D eigenvalue weighted by atomic mass is 10.2. The van der Waals surface area contributed by atoms with Gasteiger partial charge in [0.25, 0.3) is 5.91 Å². The fourth-order valence-electron chi connectivity index (χ4n) is 4.20.